The van der Waals surface area contributed by atoms with Crippen LogP contribution in [0.4, 0.5) is 5.13 Å². The number of carbonyl (C=O) groups excluding carboxylic acids is 2. The van der Waals surface area contributed by atoms with Crippen LogP contribution in [0, 0.1) is 0 Å². The van der Waals surface area contributed by atoms with E-state index in [1.807, 2.05) is 72.1 Å². The number of esters is 1. The zero-order chi connectivity index (χ0) is 24.2. The minimum absolute atomic E-state index is 0.00647. The largest absolute Gasteiger partial charge is 0.507 e. The summed E-state index contributed by atoms with van der Waals surface area (Å²) in [4.78, 5) is 29.2. The quantitative estimate of drug-likeness (QED) is 0.285. The number of aromatic nitrogens is 1. The summed E-state index contributed by atoms with van der Waals surface area (Å²) in [6.45, 7) is -0.494. The Kier molecular flexibility index (Phi) is 6.24. The standard InChI is InChI=1S/C28H20N2O4S/c31-25-15-22-9-5-4-8-21(22)14-23(25)27(33)34-16-26(32)30-28-29-24(17-35-28)20-12-10-19(11-13-20)18-6-2-1-3-7-18/h1-15,17,31H,16H2,(H,29,30,32). The Bertz CT molecular complexity index is 1510. The lowest BCUT2D eigenvalue weighted by Crippen LogP contribution is -2.20. The third-order valence-electron chi connectivity index (χ3n) is 5.46. The zero-order valence-corrected chi connectivity index (χ0v) is 19.3. The molecule has 35 heavy (non-hydrogen) atoms. The highest BCUT2D eigenvalue weighted by Crippen LogP contribution is 2.28. The number of hydrogen-bond acceptors (Lipinski definition) is 6. The number of thiazole rings is 1. The monoisotopic (exact) mass is 480 g/mol. The molecule has 0 radical (unpaired) electrons. The van der Waals surface area contributed by atoms with Crippen molar-refractivity contribution < 1.29 is 19.4 Å². The van der Waals surface area contributed by atoms with Crippen molar-refractivity contribution in [1.82, 2.24) is 4.98 Å². The summed E-state index contributed by atoms with van der Waals surface area (Å²) in [5, 5.41) is 16.7. The van der Waals surface area contributed by atoms with Gasteiger partial charge in [0, 0.05) is 10.9 Å². The average Bonchev–Trinajstić information content (AvgIpc) is 3.36. The molecule has 0 saturated carbocycles. The Labute approximate surface area is 205 Å². The molecule has 7 heteroatoms. The van der Waals surface area contributed by atoms with Crippen LogP contribution in [0.25, 0.3) is 33.2 Å². The van der Waals surface area contributed by atoms with Gasteiger partial charge in [0.1, 0.15) is 11.3 Å². The Balaban J connectivity index is 1.19. The molecule has 0 unspecified atom stereocenters. The molecule has 0 bridgehead atoms. The van der Waals surface area contributed by atoms with Gasteiger partial charge in [-0.05, 0) is 34.0 Å². The van der Waals surface area contributed by atoms with Crippen molar-refractivity contribution in [2.45, 2.75) is 0 Å². The van der Waals surface area contributed by atoms with Crippen molar-refractivity contribution in [1.29, 1.82) is 0 Å². The maximum absolute atomic E-state index is 12.4. The fourth-order valence-corrected chi connectivity index (χ4v) is 4.42. The van der Waals surface area contributed by atoms with Crippen LogP contribution in [0.5, 0.6) is 5.75 Å². The molecule has 1 amide bonds. The Morgan fingerprint density at radius 1 is 0.829 bits per heavy atom. The molecular weight excluding hydrogens is 460 g/mol. The minimum Gasteiger partial charge on any atom is -0.507 e. The molecular formula is C28H20N2O4S. The van der Waals surface area contributed by atoms with Crippen molar-refractivity contribution in [3.8, 4) is 28.1 Å². The highest BCUT2D eigenvalue weighted by atomic mass is 32.1. The van der Waals surface area contributed by atoms with Gasteiger partial charge >= 0.3 is 5.97 Å². The van der Waals surface area contributed by atoms with Crippen LogP contribution >= 0.6 is 11.3 Å². The van der Waals surface area contributed by atoms with E-state index in [0.717, 1.165) is 33.2 Å². The maximum Gasteiger partial charge on any atom is 0.342 e. The summed E-state index contributed by atoms with van der Waals surface area (Å²) >= 11 is 1.28. The number of anilines is 1. The van der Waals surface area contributed by atoms with Crippen LogP contribution in [-0.4, -0.2) is 28.6 Å². The number of ether oxygens (including phenoxy) is 1. The Hall–Kier alpha value is -4.49. The first-order valence-electron chi connectivity index (χ1n) is 10.9. The zero-order valence-electron chi connectivity index (χ0n) is 18.5. The predicted molar refractivity (Wildman–Crippen MR) is 138 cm³/mol. The first-order chi connectivity index (χ1) is 17.1. The second-order valence-electron chi connectivity index (χ2n) is 7.82. The van der Waals surface area contributed by atoms with E-state index in [0.29, 0.717) is 5.13 Å². The van der Waals surface area contributed by atoms with E-state index in [1.54, 1.807) is 6.07 Å². The topological polar surface area (TPSA) is 88.5 Å². The number of fused-ring (bicyclic) bond motifs is 1. The first-order valence-corrected chi connectivity index (χ1v) is 11.7. The molecule has 6 nitrogen and oxygen atoms in total. The lowest BCUT2D eigenvalue weighted by molar-refractivity contribution is -0.119. The van der Waals surface area contributed by atoms with E-state index >= 15 is 0 Å². The lowest BCUT2D eigenvalue weighted by Gasteiger charge is -2.08. The second-order valence-corrected chi connectivity index (χ2v) is 8.68. The van der Waals surface area contributed by atoms with Crippen molar-refractivity contribution in [3.05, 3.63) is 102 Å². The van der Waals surface area contributed by atoms with Crippen molar-refractivity contribution >= 4 is 39.1 Å². The number of carbonyl (C=O) groups is 2. The summed E-state index contributed by atoms with van der Waals surface area (Å²) in [5.41, 5.74) is 3.92. The van der Waals surface area contributed by atoms with Crippen LogP contribution in [0.15, 0.2) is 96.4 Å². The predicted octanol–water partition coefficient (Wildman–Crippen LogP) is 6.13. The molecule has 172 valence electrons. The van der Waals surface area contributed by atoms with Gasteiger partial charge in [-0.3, -0.25) is 10.1 Å². The molecule has 0 fully saturated rings. The van der Waals surface area contributed by atoms with Gasteiger partial charge in [-0.25, -0.2) is 9.78 Å². The molecule has 5 aromatic rings. The number of amides is 1. The number of rotatable bonds is 6. The van der Waals surface area contributed by atoms with Crippen LogP contribution in [0.3, 0.4) is 0 Å². The third-order valence-corrected chi connectivity index (χ3v) is 6.21. The average molecular weight is 481 g/mol. The highest BCUT2D eigenvalue weighted by molar-refractivity contribution is 7.14. The fraction of sp³-hybridized carbons (Fsp3) is 0.0357. The molecule has 0 aliphatic heterocycles. The van der Waals surface area contributed by atoms with Gasteiger partial charge in [0.05, 0.1) is 5.69 Å². The van der Waals surface area contributed by atoms with Gasteiger partial charge in [-0.2, -0.15) is 0 Å². The molecule has 2 N–H and O–H groups in total. The number of nitrogens with one attached hydrogen (secondary N) is 1. The second kappa shape index (κ2) is 9.79. The summed E-state index contributed by atoms with van der Waals surface area (Å²) in [6, 6.07) is 28.5. The highest BCUT2D eigenvalue weighted by Gasteiger charge is 2.16. The molecule has 1 heterocycles. The van der Waals surface area contributed by atoms with Gasteiger partial charge in [0.25, 0.3) is 5.91 Å². The minimum atomic E-state index is -0.776. The number of hydrogen-bond donors (Lipinski definition) is 2. The van der Waals surface area contributed by atoms with Gasteiger partial charge in [-0.1, -0.05) is 78.9 Å². The van der Waals surface area contributed by atoms with Crippen LogP contribution in [0.2, 0.25) is 0 Å². The van der Waals surface area contributed by atoms with Crippen LogP contribution in [0.1, 0.15) is 10.4 Å². The third kappa shape index (κ3) is 5.05. The summed E-state index contributed by atoms with van der Waals surface area (Å²) in [6.07, 6.45) is 0. The van der Waals surface area contributed by atoms with Crippen LogP contribution < -0.4 is 5.32 Å². The van der Waals surface area contributed by atoms with E-state index in [-0.39, 0.29) is 11.3 Å². The van der Waals surface area contributed by atoms with Gasteiger partial charge in [0.15, 0.2) is 11.7 Å². The normalized spacial score (nSPS) is 10.7. The molecule has 5 rings (SSSR count). The van der Waals surface area contributed by atoms with E-state index in [4.69, 9.17) is 4.74 Å². The van der Waals surface area contributed by atoms with E-state index in [9.17, 15) is 14.7 Å². The van der Waals surface area contributed by atoms with Crippen LogP contribution in [-0.2, 0) is 9.53 Å². The van der Waals surface area contributed by atoms with Gasteiger partial charge in [0.2, 0.25) is 0 Å². The first kappa shape index (κ1) is 22.3. The molecule has 0 aliphatic carbocycles. The van der Waals surface area contributed by atoms with Crippen molar-refractivity contribution in [3.63, 3.8) is 0 Å². The number of benzene rings is 4. The molecule has 0 saturated heterocycles. The van der Waals surface area contributed by atoms with Crippen molar-refractivity contribution in [2.24, 2.45) is 0 Å². The lowest BCUT2D eigenvalue weighted by atomic mass is 10.0. The summed E-state index contributed by atoms with van der Waals surface area (Å²) in [7, 11) is 0. The number of aromatic hydroxyl groups is 1. The molecule has 0 spiro atoms. The number of nitrogens with zero attached hydrogens (tertiary/aromatic N) is 1. The van der Waals surface area contributed by atoms with E-state index in [2.05, 4.69) is 22.4 Å². The molecule has 1 aromatic heterocycles. The maximum atomic E-state index is 12.4. The summed E-state index contributed by atoms with van der Waals surface area (Å²) in [5.74, 6) is -1.49. The SMILES string of the molecule is O=C(COC(=O)c1cc2ccccc2cc1O)Nc1nc(-c2ccc(-c3ccccc3)cc2)cs1. The van der Waals surface area contributed by atoms with E-state index < -0.39 is 18.5 Å². The molecule has 4 aromatic carbocycles. The summed E-state index contributed by atoms with van der Waals surface area (Å²) < 4.78 is 5.10. The molecule has 0 atom stereocenters. The van der Waals surface area contributed by atoms with Crippen molar-refractivity contribution in [2.75, 3.05) is 11.9 Å². The van der Waals surface area contributed by atoms with E-state index in [1.165, 1.54) is 17.4 Å². The smallest absolute Gasteiger partial charge is 0.342 e. The number of phenols is 1. The Morgan fingerprint density at radius 2 is 1.46 bits per heavy atom. The fourth-order valence-electron chi connectivity index (χ4n) is 3.68. The Morgan fingerprint density at radius 3 is 2.20 bits per heavy atom. The van der Waals surface area contributed by atoms with Gasteiger partial charge in [-0.15, -0.1) is 11.3 Å². The number of phenolic OH excluding ortho intramolecular Hbond substituents is 1. The van der Waals surface area contributed by atoms with Gasteiger partial charge < -0.3 is 9.84 Å². The molecule has 0 aliphatic rings.